The van der Waals surface area contributed by atoms with Gasteiger partial charge in [-0.3, -0.25) is 15.1 Å². The molecule has 1 fully saturated rings. The number of carbonyl (C=O) groups is 1. The monoisotopic (exact) mass is 306 g/mol. The van der Waals surface area contributed by atoms with Crippen LogP contribution in [-0.2, 0) is 17.6 Å². The minimum absolute atomic E-state index is 0.0281. The van der Waals surface area contributed by atoms with E-state index in [2.05, 4.69) is 4.98 Å². The van der Waals surface area contributed by atoms with Crippen LogP contribution in [0.25, 0.3) is 0 Å². The highest BCUT2D eigenvalue weighted by molar-refractivity contribution is 5.70. The van der Waals surface area contributed by atoms with Crippen LogP contribution in [0.15, 0.2) is 6.20 Å². The Labute approximate surface area is 127 Å². The molecule has 0 aromatic carbocycles. The minimum atomic E-state index is -0.804. The van der Waals surface area contributed by atoms with E-state index < -0.39 is 6.09 Å². The first-order valence-corrected chi connectivity index (χ1v) is 7.42. The van der Waals surface area contributed by atoms with Gasteiger partial charge in [-0.15, -0.1) is 0 Å². The van der Waals surface area contributed by atoms with E-state index in [0.29, 0.717) is 18.8 Å². The van der Waals surface area contributed by atoms with Crippen molar-refractivity contribution in [1.82, 2.24) is 4.98 Å². The number of ether oxygens (including phenoxy) is 1. The Kier molecular flexibility index (Phi) is 3.82. The maximum absolute atomic E-state index is 11.4. The summed E-state index contributed by atoms with van der Waals surface area (Å²) in [6.45, 7) is 1.14. The fourth-order valence-electron chi connectivity index (χ4n) is 3.37. The maximum atomic E-state index is 11.4. The molecule has 1 atom stereocenters. The molecule has 0 saturated carbocycles. The van der Waals surface area contributed by atoms with Crippen LogP contribution in [-0.4, -0.2) is 35.2 Å². The lowest BCUT2D eigenvalue weighted by Gasteiger charge is -2.34. The molecule has 1 saturated heterocycles. The summed E-state index contributed by atoms with van der Waals surface area (Å²) in [6, 6.07) is 0. The van der Waals surface area contributed by atoms with E-state index in [4.69, 9.17) is 10.5 Å². The van der Waals surface area contributed by atoms with Crippen LogP contribution in [0.5, 0.6) is 0 Å². The lowest BCUT2D eigenvalue weighted by molar-refractivity contribution is -0.384. The van der Waals surface area contributed by atoms with Crippen LogP contribution in [0.2, 0.25) is 0 Å². The first-order chi connectivity index (χ1) is 10.6. The number of aromatic nitrogens is 1. The minimum Gasteiger partial charge on any atom is -0.445 e. The summed E-state index contributed by atoms with van der Waals surface area (Å²) in [5, 5.41) is 11.4. The van der Waals surface area contributed by atoms with Crippen LogP contribution in [0, 0.1) is 10.1 Å². The van der Waals surface area contributed by atoms with Gasteiger partial charge < -0.3 is 15.4 Å². The number of amides is 1. The van der Waals surface area contributed by atoms with E-state index in [0.717, 1.165) is 43.4 Å². The summed E-state index contributed by atoms with van der Waals surface area (Å²) < 4.78 is 5.07. The standard InChI is InChI=1S/C14H18N4O4/c15-14(19)22-9-3-2-6-17(8-9)13-10-4-1-5-11(10)16-7-12(13)18(20)21/h7,9H,1-6,8H2,(H2,15,19). The largest absolute Gasteiger partial charge is 0.445 e. The molecule has 1 aliphatic heterocycles. The Bertz CT molecular complexity index is 619. The predicted molar refractivity (Wildman–Crippen MR) is 78.8 cm³/mol. The molecule has 0 radical (unpaired) electrons. The molecule has 0 spiro atoms. The molecular weight excluding hydrogens is 288 g/mol. The van der Waals surface area contributed by atoms with Crippen LogP contribution in [0.4, 0.5) is 16.2 Å². The third kappa shape index (κ3) is 2.68. The zero-order valence-electron chi connectivity index (χ0n) is 12.2. The smallest absolute Gasteiger partial charge is 0.404 e. The second-order valence-electron chi connectivity index (χ2n) is 5.68. The lowest BCUT2D eigenvalue weighted by atomic mass is 10.0. The van der Waals surface area contributed by atoms with Gasteiger partial charge in [-0.2, -0.15) is 0 Å². The van der Waals surface area contributed by atoms with Crippen molar-refractivity contribution in [2.75, 3.05) is 18.0 Å². The number of nitro groups is 1. The topological polar surface area (TPSA) is 112 Å². The van der Waals surface area contributed by atoms with Gasteiger partial charge in [0.2, 0.25) is 0 Å². The highest BCUT2D eigenvalue weighted by atomic mass is 16.6. The van der Waals surface area contributed by atoms with Crippen molar-refractivity contribution in [2.24, 2.45) is 5.73 Å². The van der Waals surface area contributed by atoms with Gasteiger partial charge in [-0.25, -0.2) is 4.79 Å². The first-order valence-electron chi connectivity index (χ1n) is 7.42. The number of anilines is 1. The zero-order chi connectivity index (χ0) is 15.7. The van der Waals surface area contributed by atoms with E-state index in [-0.39, 0.29) is 16.7 Å². The Morgan fingerprint density at radius 2 is 2.27 bits per heavy atom. The molecule has 0 bridgehead atoms. The quantitative estimate of drug-likeness (QED) is 0.669. The number of rotatable bonds is 3. The Hall–Kier alpha value is -2.38. The van der Waals surface area contributed by atoms with Crippen molar-refractivity contribution in [2.45, 2.75) is 38.2 Å². The predicted octanol–water partition coefficient (Wildman–Crippen LogP) is 1.54. The number of hydrogen-bond acceptors (Lipinski definition) is 6. The number of piperidine rings is 1. The van der Waals surface area contributed by atoms with Gasteiger partial charge in [0.25, 0.3) is 0 Å². The molecule has 1 aliphatic carbocycles. The van der Waals surface area contributed by atoms with Crippen molar-refractivity contribution in [3.8, 4) is 0 Å². The molecule has 8 nitrogen and oxygen atoms in total. The van der Waals surface area contributed by atoms with Gasteiger partial charge in [-0.05, 0) is 32.1 Å². The van der Waals surface area contributed by atoms with Gasteiger partial charge in [0.05, 0.1) is 11.5 Å². The molecule has 1 amide bonds. The van der Waals surface area contributed by atoms with E-state index >= 15 is 0 Å². The van der Waals surface area contributed by atoms with Crippen molar-refractivity contribution in [1.29, 1.82) is 0 Å². The van der Waals surface area contributed by atoms with Crippen LogP contribution in [0.3, 0.4) is 0 Å². The van der Waals surface area contributed by atoms with Gasteiger partial charge in [0, 0.05) is 17.8 Å². The number of aryl methyl sites for hydroxylation is 1. The number of pyridine rings is 1. The third-order valence-corrected chi connectivity index (χ3v) is 4.23. The van der Waals surface area contributed by atoms with E-state index in [1.807, 2.05) is 4.90 Å². The van der Waals surface area contributed by atoms with Gasteiger partial charge in [0.15, 0.2) is 0 Å². The fourth-order valence-corrected chi connectivity index (χ4v) is 3.37. The van der Waals surface area contributed by atoms with Crippen LogP contribution in [0.1, 0.15) is 30.5 Å². The van der Waals surface area contributed by atoms with Crippen LogP contribution < -0.4 is 10.6 Å². The lowest BCUT2D eigenvalue weighted by Crippen LogP contribution is -2.42. The third-order valence-electron chi connectivity index (χ3n) is 4.23. The summed E-state index contributed by atoms with van der Waals surface area (Å²) in [6.07, 6.45) is 4.36. The van der Waals surface area contributed by atoms with Gasteiger partial charge >= 0.3 is 11.8 Å². The second kappa shape index (κ2) is 5.78. The highest BCUT2D eigenvalue weighted by Crippen LogP contribution is 2.38. The maximum Gasteiger partial charge on any atom is 0.404 e. The number of primary amides is 1. The molecule has 1 aromatic rings. The Morgan fingerprint density at radius 1 is 1.45 bits per heavy atom. The Balaban J connectivity index is 1.94. The number of nitrogens with two attached hydrogens (primary N) is 1. The normalized spacial score (nSPS) is 20.5. The van der Waals surface area contributed by atoms with Gasteiger partial charge in [-0.1, -0.05) is 0 Å². The van der Waals surface area contributed by atoms with E-state index in [1.54, 1.807) is 0 Å². The molecule has 3 rings (SSSR count). The molecule has 2 N–H and O–H groups in total. The summed E-state index contributed by atoms with van der Waals surface area (Å²) in [5.74, 6) is 0. The number of nitrogens with zero attached hydrogens (tertiary/aromatic N) is 3. The summed E-state index contributed by atoms with van der Waals surface area (Å²) in [4.78, 5) is 28.1. The van der Waals surface area contributed by atoms with Crippen molar-refractivity contribution >= 4 is 17.5 Å². The zero-order valence-corrected chi connectivity index (χ0v) is 12.2. The molecular formula is C14H18N4O4. The Morgan fingerprint density at radius 3 is 3.00 bits per heavy atom. The van der Waals surface area contributed by atoms with E-state index in [1.165, 1.54) is 6.20 Å². The van der Waals surface area contributed by atoms with Crippen molar-refractivity contribution < 1.29 is 14.5 Å². The number of fused-ring (bicyclic) bond motifs is 1. The average molecular weight is 306 g/mol. The summed E-state index contributed by atoms with van der Waals surface area (Å²) in [5.41, 5.74) is 7.66. The molecule has 1 aromatic heterocycles. The SMILES string of the molecule is NC(=O)OC1CCCN(c2c([N+](=O)[O-])cnc3c2CCC3)C1. The number of carbonyl (C=O) groups excluding carboxylic acids is 1. The van der Waals surface area contributed by atoms with Gasteiger partial charge in [0.1, 0.15) is 18.0 Å². The molecule has 118 valence electrons. The first kappa shape index (κ1) is 14.6. The summed E-state index contributed by atoms with van der Waals surface area (Å²) >= 11 is 0. The van der Waals surface area contributed by atoms with E-state index in [9.17, 15) is 14.9 Å². The molecule has 22 heavy (non-hydrogen) atoms. The fraction of sp³-hybridized carbons (Fsp3) is 0.571. The van der Waals surface area contributed by atoms with Crippen molar-refractivity contribution in [3.05, 3.63) is 27.6 Å². The summed E-state index contributed by atoms with van der Waals surface area (Å²) in [7, 11) is 0. The molecule has 8 heteroatoms. The average Bonchev–Trinajstić information content (AvgIpc) is 2.93. The molecule has 1 unspecified atom stereocenters. The second-order valence-corrected chi connectivity index (χ2v) is 5.68. The molecule has 2 heterocycles. The van der Waals surface area contributed by atoms with Crippen molar-refractivity contribution in [3.63, 3.8) is 0 Å². The highest BCUT2D eigenvalue weighted by Gasteiger charge is 2.32. The number of hydrogen-bond donors (Lipinski definition) is 1. The molecule has 2 aliphatic rings. The van der Waals surface area contributed by atoms with Crippen LogP contribution >= 0.6 is 0 Å².